The largest absolute Gasteiger partial charge is 0.328 e. The van der Waals surface area contributed by atoms with Crippen molar-refractivity contribution >= 4 is 11.0 Å². The zero-order valence-corrected chi connectivity index (χ0v) is 8.74. The van der Waals surface area contributed by atoms with Crippen LogP contribution in [-0.2, 0) is 20.5 Å². The Balaban J connectivity index is 3.02. The molecule has 2 rings (SSSR count). The standard InChI is InChI=1S/C11H14N2O/c1-4-8-6-5-7-9-10(8)13(3)11(14)12(9)2/h5-7H,4H2,1-3H3. The van der Waals surface area contributed by atoms with Crippen LogP contribution in [0.1, 0.15) is 12.5 Å². The molecule has 0 spiro atoms. The second-order valence-electron chi connectivity index (χ2n) is 3.54. The van der Waals surface area contributed by atoms with Crippen LogP contribution >= 0.6 is 0 Å². The maximum Gasteiger partial charge on any atom is 0.328 e. The van der Waals surface area contributed by atoms with E-state index in [9.17, 15) is 4.79 Å². The van der Waals surface area contributed by atoms with E-state index in [1.807, 2.05) is 26.2 Å². The van der Waals surface area contributed by atoms with Crippen LogP contribution in [0.4, 0.5) is 0 Å². The highest BCUT2D eigenvalue weighted by molar-refractivity contribution is 5.79. The Hall–Kier alpha value is -1.51. The average molecular weight is 190 g/mol. The van der Waals surface area contributed by atoms with Crippen LogP contribution in [0, 0.1) is 0 Å². The minimum Gasteiger partial charge on any atom is -0.295 e. The number of hydrogen-bond acceptors (Lipinski definition) is 1. The van der Waals surface area contributed by atoms with Crippen molar-refractivity contribution in [3.63, 3.8) is 0 Å². The molecule has 0 aliphatic rings. The second-order valence-corrected chi connectivity index (χ2v) is 3.54. The maximum atomic E-state index is 11.7. The number of hydrogen-bond donors (Lipinski definition) is 0. The number of aryl methyl sites for hydroxylation is 3. The lowest BCUT2D eigenvalue weighted by atomic mass is 10.1. The van der Waals surface area contributed by atoms with Crippen molar-refractivity contribution in [2.45, 2.75) is 13.3 Å². The third-order valence-electron chi connectivity index (χ3n) is 2.75. The summed E-state index contributed by atoms with van der Waals surface area (Å²) in [5.74, 6) is 0. The first-order chi connectivity index (χ1) is 6.66. The van der Waals surface area contributed by atoms with Crippen LogP contribution in [0.5, 0.6) is 0 Å². The molecule has 74 valence electrons. The summed E-state index contributed by atoms with van der Waals surface area (Å²) in [5.41, 5.74) is 3.34. The third kappa shape index (κ3) is 1.02. The number of imidazole rings is 1. The van der Waals surface area contributed by atoms with Gasteiger partial charge < -0.3 is 0 Å². The van der Waals surface area contributed by atoms with Crippen molar-refractivity contribution in [2.24, 2.45) is 14.1 Å². The highest BCUT2D eigenvalue weighted by Crippen LogP contribution is 2.16. The quantitative estimate of drug-likeness (QED) is 0.668. The summed E-state index contributed by atoms with van der Waals surface area (Å²) in [4.78, 5) is 11.7. The number of fused-ring (bicyclic) bond motifs is 1. The SMILES string of the molecule is CCc1cccc2c1n(C)c(=O)n2C. The van der Waals surface area contributed by atoms with E-state index in [1.165, 1.54) is 5.56 Å². The van der Waals surface area contributed by atoms with Gasteiger partial charge in [0.15, 0.2) is 0 Å². The summed E-state index contributed by atoms with van der Waals surface area (Å²) in [6, 6.07) is 6.05. The molecule has 0 aliphatic carbocycles. The summed E-state index contributed by atoms with van der Waals surface area (Å²) in [7, 11) is 3.63. The molecule has 0 saturated carbocycles. The Morgan fingerprint density at radius 3 is 2.57 bits per heavy atom. The molecule has 0 saturated heterocycles. The third-order valence-corrected chi connectivity index (χ3v) is 2.75. The fraction of sp³-hybridized carbons (Fsp3) is 0.364. The van der Waals surface area contributed by atoms with Crippen LogP contribution in [0.3, 0.4) is 0 Å². The molecule has 0 N–H and O–H groups in total. The van der Waals surface area contributed by atoms with Gasteiger partial charge in [-0.25, -0.2) is 4.79 Å². The number of benzene rings is 1. The van der Waals surface area contributed by atoms with Gasteiger partial charge >= 0.3 is 5.69 Å². The van der Waals surface area contributed by atoms with E-state index >= 15 is 0 Å². The minimum atomic E-state index is 0.0425. The summed E-state index contributed by atoms with van der Waals surface area (Å²) in [6.07, 6.45) is 0.953. The van der Waals surface area contributed by atoms with Gasteiger partial charge in [0.1, 0.15) is 0 Å². The lowest BCUT2D eigenvalue weighted by molar-refractivity contribution is 0.793. The van der Waals surface area contributed by atoms with Crippen LogP contribution in [0.2, 0.25) is 0 Å². The van der Waals surface area contributed by atoms with Crippen molar-refractivity contribution < 1.29 is 0 Å². The molecule has 0 aliphatic heterocycles. The van der Waals surface area contributed by atoms with E-state index in [4.69, 9.17) is 0 Å². The normalized spacial score (nSPS) is 11.1. The number of aromatic nitrogens is 2. The molecule has 3 nitrogen and oxygen atoms in total. The zero-order chi connectivity index (χ0) is 10.3. The van der Waals surface area contributed by atoms with Crippen molar-refractivity contribution in [1.29, 1.82) is 0 Å². The maximum absolute atomic E-state index is 11.7. The molecule has 1 aromatic heterocycles. The molecule has 2 aromatic rings. The van der Waals surface area contributed by atoms with Gasteiger partial charge in [-0.2, -0.15) is 0 Å². The van der Waals surface area contributed by atoms with Gasteiger partial charge in [-0.15, -0.1) is 0 Å². The predicted molar refractivity (Wildman–Crippen MR) is 57.5 cm³/mol. The van der Waals surface area contributed by atoms with Gasteiger partial charge in [0.05, 0.1) is 11.0 Å². The average Bonchev–Trinajstić information content (AvgIpc) is 2.44. The van der Waals surface area contributed by atoms with E-state index in [0.29, 0.717) is 0 Å². The van der Waals surface area contributed by atoms with E-state index in [1.54, 1.807) is 9.13 Å². The van der Waals surface area contributed by atoms with Gasteiger partial charge in [0.2, 0.25) is 0 Å². The summed E-state index contributed by atoms with van der Waals surface area (Å²) < 4.78 is 3.41. The first kappa shape index (κ1) is 9.06. The van der Waals surface area contributed by atoms with E-state index in [-0.39, 0.29) is 5.69 Å². The molecule has 3 heteroatoms. The Kier molecular flexibility index (Phi) is 1.95. The summed E-state index contributed by atoms with van der Waals surface area (Å²) in [6.45, 7) is 2.10. The number of para-hydroxylation sites is 1. The topological polar surface area (TPSA) is 26.9 Å². The van der Waals surface area contributed by atoms with Crippen molar-refractivity contribution in [3.8, 4) is 0 Å². The predicted octanol–water partition coefficient (Wildman–Crippen LogP) is 1.44. The van der Waals surface area contributed by atoms with Crippen LogP contribution < -0.4 is 5.69 Å². The molecule has 1 aromatic carbocycles. The smallest absolute Gasteiger partial charge is 0.295 e. The molecule has 1 heterocycles. The molecule has 0 unspecified atom stereocenters. The Bertz CT molecular complexity index is 534. The van der Waals surface area contributed by atoms with Crippen molar-refractivity contribution in [2.75, 3.05) is 0 Å². The van der Waals surface area contributed by atoms with Crippen molar-refractivity contribution in [1.82, 2.24) is 9.13 Å². The zero-order valence-electron chi connectivity index (χ0n) is 8.74. The van der Waals surface area contributed by atoms with Gasteiger partial charge in [-0.05, 0) is 18.1 Å². The van der Waals surface area contributed by atoms with Crippen LogP contribution in [-0.4, -0.2) is 9.13 Å². The summed E-state index contributed by atoms with van der Waals surface area (Å²) >= 11 is 0. The van der Waals surface area contributed by atoms with Crippen LogP contribution in [0.15, 0.2) is 23.0 Å². The Morgan fingerprint density at radius 2 is 1.93 bits per heavy atom. The molecule has 0 bridgehead atoms. The molecule has 14 heavy (non-hydrogen) atoms. The summed E-state index contributed by atoms with van der Waals surface area (Å²) in [5, 5.41) is 0. The van der Waals surface area contributed by atoms with Crippen LogP contribution in [0.25, 0.3) is 11.0 Å². The van der Waals surface area contributed by atoms with E-state index in [2.05, 4.69) is 13.0 Å². The highest BCUT2D eigenvalue weighted by atomic mass is 16.1. The van der Waals surface area contributed by atoms with E-state index < -0.39 is 0 Å². The van der Waals surface area contributed by atoms with Gasteiger partial charge in [0, 0.05) is 14.1 Å². The lowest BCUT2D eigenvalue weighted by Gasteiger charge is -2.00. The lowest BCUT2D eigenvalue weighted by Crippen LogP contribution is -2.19. The first-order valence-electron chi connectivity index (χ1n) is 4.80. The number of rotatable bonds is 1. The fourth-order valence-corrected chi connectivity index (χ4v) is 1.94. The molecule has 0 atom stereocenters. The molecule has 0 fully saturated rings. The van der Waals surface area contributed by atoms with Crippen molar-refractivity contribution in [3.05, 3.63) is 34.2 Å². The molecular formula is C11H14N2O. The molecule has 0 radical (unpaired) electrons. The van der Waals surface area contributed by atoms with E-state index in [0.717, 1.165) is 17.5 Å². The van der Waals surface area contributed by atoms with Gasteiger partial charge in [0.25, 0.3) is 0 Å². The fourth-order valence-electron chi connectivity index (χ4n) is 1.94. The van der Waals surface area contributed by atoms with Gasteiger partial charge in [-0.1, -0.05) is 19.1 Å². The van der Waals surface area contributed by atoms with Gasteiger partial charge in [-0.3, -0.25) is 9.13 Å². The Labute approximate surface area is 82.6 Å². The monoisotopic (exact) mass is 190 g/mol. The first-order valence-corrected chi connectivity index (χ1v) is 4.80. The highest BCUT2D eigenvalue weighted by Gasteiger charge is 2.09. The molecular weight excluding hydrogens is 176 g/mol. The second kappa shape index (κ2) is 3.01. The molecule has 0 amide bonds. The minimum absolute atomic E-state index is 0.0425. The Morgan fingerprint density at radius 1 is 1.21 bits per heavy atom. The number of nitrogens with zero attached hydrogens (tertiary/aromatic N) is 2.